The van der Waals surface area contributed by atoms with Crippen LogP contribution in [-0.4, -0.2) is 94.1 Å². The van der Waals surface area contributed by atoms with E-state index < -0.39 is 0 Å². The Morgan fingerprint density at radius 1 is 0.600 bits per heavy atom. The van der Waals surface area contributed by atoms with Gasteiger partial charge in [0.05, 0.1) is 31.4 Å². The number of esters is 1. The van der Waals surface area contributed by atoms with Gasteiger partial charge in [0, 0.05) is 63.5 Å². The van der Waals surface area contributed by atoms with E-state index in [2.05, 4.69) is 78.6 Å². The molecule has 0 saturated carbocycles. The van der Waals surface area contributed by atoms with E-state index in [-0.39, 0.29) is 35.1 Å². The van der Waals surface area contributed by atoms with E-state index in [1.54, 1.807) is 36.7 Å². The standard InChI is InChI=1S/C18H25FN4O2S.C16H22FN5O2S.C8H7FN4S.C5H3BrFN.C3H3ClN2S.H2/c1-3-25-17(24)9-7-5-4-6-8-12-23(18-21-14(2)22-26-18)16-11-10-15(19)13-20-16;1-12-19-16(25-21-12)22(14-9-8-13(17)11-18-14)10-6-4-2-3-5-7-15(23)20-24;1-5-11-8(14-13-5)12-7-3-2-6(9)4-10-7;6-5-2-1-4(7)3-8-5;1-2-5-3(4)7-6-2;/h10-11,13H,3-9,12H2,1-2H3;8-9,11,24H,2-7,10H2,1H3,(H,20,23);2-4H,1H3,(H,10,11,12,13);1-3H;1H3;1H/i;;;;;1+1D. The molecule has 0 atom stereocenters. The second kappa shape index (κ2) is 37.5. The lowest BCUT2D eigenvalue weighted by molar-refractivity contribution is -0.143. The number of pyridine rings is 4. The van der Waals surface area contributed by atoms with Gasteiger partial charge in [-0.05, 0) is 148 Å². The van der Waals surface area contributed by atoms with Crippen LogP contribution >= 0.6 is 73.7 Å². The maximum absolute atomic E-state index is 13.1. The van der Waals surface area contributed by atoms with E-state index in [1.165, 1.54) is 82.8 Å². The molecule has 30 heteroatoms. The lowest BCUT2D eigenvalue weighted by Gasteiger charge is -2.20. The summed E-state index contributed by atoms with van der Waals surface area (Å²) in [5.41, 5.74) is 1.63. The molecule has 3 N–H and O–H groups in total. The summed E-state index contributed by atoms with van der Waals surface area (Å²) >= 11 is 13.5. The Labute approximate surface area is 493 Å². The molecule has 0 aliphatic carbocycles. The SMILES string of the molecule is CCOC(=O)CCCCCCCN(c1ccc(F)cn1)c1nc(C)ns1.Cc1nsc(Cl)n1.Cc1nsc(N(CCCCCCCC(=O)NO)c2ccc(F)cn2)n1.Cc1nsc(Nc2ccc(F)cn2)n1.Fc1ccc(Br)nc1.[2H][2H]. The maximum atomic E-state index is 13.1. The number of anilines is 6. The number of aromatic nitrogens is 12. The van der Waals surface area contributed by atoms with Gasteiger partial charge in [0.25, 0.3) is 0 Å². The molecule has 1 amide bonds. The molecule has 0 unspecified atom stereocenters. The van der Waals surface area contributed by atoms with E-state index >= 15 is 0 Å². The zero-order valence-corrected chi connectivity index (χ0v) is 50.0. The number of ether oxygens (including phenoxy) is 1. The fraction of sp³-hybridized carbons (Fsp3) is 0.400. The number of amides is 1. The number of hydroxylamine groups is 1. The van der Waals surface area contributed by atoms with E-state index in [0.29, 0.717) is 69.3 Å². The molecular weight excluding hydrogens is 1210 g/mol. The first kappa shape index (κ1) is 64.5. The minimum absolute atomic E-state index is 0.118. The largest absolute Gasteiger partial charge is 0.466 e. The number of aryl methyl sites for hydroxylation is 4. The summed E-state index contributed by atoms with van der Waals surface area (Å²) < 4.78 is 83.1. The van der Waals surface area contributed by atoms with Crippen LogP contribution in [-0.2, 0) is 14.3 Å². The molecule has 8 rings (SSSR count). The van der Waals surface area contributed by atoms with Gasteiger partial charge in [0.2, 0.25) is 25.8 Å². The van der Waals surface area contributed by atoms with Crippen molar-refractivity contribution in [2.75, 3.05) is 34.8 Å². The van der Waals surface area contributed by atoms with Crippen LogP contribution < -0.4 is 20.6 Å². The summed E-state index contributed by atoms with van der Waals surface area (Å²) in [7, 11) is 0. The molecule has 432 valence electrons. The summed E-state index contributed by atoms with van der Waals surface area (Å²) in [4.78, 5) is 58.6. The van der Waals surface area contributed by atoms with Crippen LogP contribution in [0.2, 0.25) is 4.47 Å². The molecule has 0 radical (unpaired) electrons. The molecule has 8 aromatic rings. The number of unbranched alkanes of at least 4 members (excludes halogenated alkanes) is 8. The van der Waals surface area contributed by atoms with E-state index in [4.69, 9.17) is 24.5 Å². The highest BCUT2D eigenvalue weighted by Crippen LogP contribution is 2.28. The van der Waals surface area contributed by atoms with Crippen LogP contribution in [0.25, 0.3) is 0 Å². The van der Waals surface area contributed by atoms with Crippen molar-refractivity contribution >= 4 is 118 Å². The highest BCUT2D eigenvalue weighted by Gasteiger charge is 2.17. The van der Waals surface area contributed by atoms with Gasteiger partial charge in [0.15, 0.2) is 0 Å². The molecule has 0 aliphatic heterocycles. The zero-order valence-electron chi connectivity index (χ0n) is 46.4. The van der Waals surface area contributed by atoms with Crippen LogP contribution in [0.3, 0.4) is 0 Å². The van der Waals surface area contributed by atoms with Crippen LogP contribution in [0.1, 0.15) is 110 Å². The molecule has 0 bridgehead atoms. The number of hydrogen-bond acceptors (Lipinski definition) is 23. The van der Waals surface area contributed by atoms with E-state index in [0.717, 1.165) is 105 Å². The van der Waals surface area contributed by atoms with Crippen molar-refractivity contribution in [1.82, 2.24) is 62.8 Å². The number of carbonyl (C=O) groups is 2. The van der Waals surface area contributed by atoms with Crippen molar-refractivity contribution in [1.29, 1.82) is 0 Å². The van der Waals surface area contributed by atoms with Crippen LogP contribution in [0.15, 0.2) is 77.9 Å². The van der Waals surface area contributed by atoms with Crippen molar-refractivity contribution in [3.05, 3.63) is 129 Å². The number of halogens is 6. The Morgan fingerprint density at radius 3 is 1.43 bits per heavy atom. The summed E-state index contributed by atoms with van der Waals surface area (Å²) in [6, 6.07) is 11.9. The van der Waals surface area contributed by atoms with E-state index in [1.807, 2.05) is 37.5 Å². The van der Waals surface area contributed by atoms with Crippen LogP contribution in [0.4, 0.5) is 50.4 Å². The van der Waals surface area contributed by atoms with Crippen molar-refractivity contribution < 1.29 is 40.1 Å². The predicted molar refractivity (Wildman–Crippen MR) is 309 cm³/mol. The van der Waals surface area contributed by atoms with Crippen molar-refractivity contribution in [2.24, 2.45) is 0 Å². The number of carbonyl (C=O) groups excluding carboxylic acids is 2. The molecule has 8 aromatic heterocycles. The average Bonchev–Trinajstić information content (AvgIpc) is 4.36. The highest BCUT2D eigenvalue weighted by atomic mass is 79.9. The molecule has 0 spiro atoms. The smallest absolute Gasteiger partial charge is 0.305 e. The minimum Gasteiger partial charge on any atom is -0.466 e. The molecule has 8 heterocycles. The normalized spacial score (nSPS) is 10.4. The maximum Gasteiger partial charge on any atom is 0.305 e. The Balaban J connectivity index is 0.000000288. The Morgan fingerprint density at radius 2 is 1.05 bits per heavy atom. The van der Waals surface area contributed by atoms with Gasteiger partial charge in [0.1, 0.15) is 68.6 Å². The van der Waals surface area contributed by atoms with Crippen molar-refractivity contribution in [3.8, 4) is 0 Å². The van der Waals surface area contributed by atoms with Crippen molar-refractivity contribution in [3.63, 3.8) is 0 Å². The summed E-state index contributed by atoms with van der Waals surface area (Å²) in [6.45, 7) is 11.0. The third-order valence-corrected chi connectivity index (χ3v) is 13.9. The second-order valence-corrected chi connectivity index (χ2v) is 21.0. The molecule has 0 fully saturated rings. The summed E-state index contributed by atoms with van der Waals surface area (Å²) in [5, 5.41) is 13.5. The monoisotopic (exact) mass is 1270 g/mol. The van der Waals surface area contributed by atoms with Gasteiger partial charge in [-0.1, -0.05) is 38.5 Å². The van der Waals surface area contributed by atoms with Gasteiger partial charge in [-0.25, -0.2) is 62.9 Å². The topological polar surface area (TPSA) is 249 Å². The van der Waals surface area contributed by atoms with Gasteiger partial charge < -0.3 is 19.9 Å². The number of nitrogens with zero attached hydrogens (tertiary/aromatic N) is 14. The molecular formula is C50H62BrClF4N16O4S4. The lowest BCUT2D eigenvalue weighted by atomic mass is 10.1. The molecule has 0 aromatic carbocycles. The quantitative estimate of drug-likeness (QED) is 0.0134. The van der Waals surface area contributed by atoms with E-state index in [9.17, 15) is 27.2 Å². The first-order chi connectivity index (χ1) is 39.5. The van der Waals surface area contributed by atoms with Gasteiger partial charge in [-0.2, -0.15) is 17.5 Å². The average molecular weight is 1270 g/mol. The zero-order chi connectivity index (χ0) is 60.1. The molecule has 20 nitrogen and oxygen atoms in total. The fourth-order valence-corrected chi connectivity index (χ4v) is 9.33. The summed E-state index contributed by atoms with van der Waals surface area (Å²) in [6.07, 6.45) is 15.1. The minimum atomic E-state index is -0.371. The van der Waals surface area contributed by atoms with Gasteiger partial charge >= 0.3 is 5.97 Å². The Hall–Kier alpha value is -6.37. The Kier molecular flexibility index (Phi) is 30.2. The predicted octanol–water partition coefficient (Wildman–Crippen LogP) is 13.6. The second-order valence-electron chi connectivity index (χ2n) is 16.6. The Bertz CT molecular complexity index is 2960. The van der Waals surface area contributed by atoms with Crippen LogP contribution in [0, 0.1) is 51.0 Å². The van der Waals surface area contributed by atoms with Gasteiger partial charge in [-0.15, -0.1) is 0 Å². The lowest BCUT2D eigenvalue weighted by Crippen LogP contribution is -2.19. The van der Waals surface area contributed by atoms with Crippen molar-refractivity contribution in [2.45, 2.75) is 112 Å². The number of nitrogens with one attached hydrogen (secondary N) is 2. The van der Waals surface area contributed by atoms with Crippen LogP contribution in [0.5, 0.6) is 0 Å². The third kappa shape index (κ3) is 27.2. The third-order valence-electron chi connectivity index (χ3n) is 10.1. The summed E-state index contributed by atoms with van der Waals surface area (Å²) in [5.74, 6) is 2.89. The molecule has 0 saturated heterocycles. The number of rotatable bonds is 23. The first-order valence-electron chi connectivity index (χ1n) is 25.9. The first-order valence-corrected chi connectivity index (χ1v) is 29.2. The molecule has 80 heavy (non-hydrogen) atoms. The van der Waals surface area contributed by atoms with Gasteiger partial charge in [-0.3, -0.25) is 14.8 Å². The molecule has 0 aliphatic rings. The fourth-order valence-electron chi connectivity index (χ4n) is 6.44. The number of hydrogen-bond donors (Lipinski definition) is 3. The highest BCUT2D eigenvalue weighted by molar-refractivity contribution is 9.10.